The maximum absolute atomic E-state index is 13.0. The largest absolute Gasteiger partial charge is 0.334 e. The molecule has 0 spiro atoms. The zero-order valence-corrected chi connectivity index (χ0v) is 9.96. The summed E-state index contributed by atoms with van der Waals surface area (Å²) in [4.78, 5) is 4.17. The molecule has 1 aromatic carbocycles. The number of aromatic nitrogens is 2. The lowest BCUT2D eigenvalue weighted by Crippen LogP contribution is -2.12. The van der Waals surface area contributed by atoms with Gasteiger partial charge in [-0.3, -0.25) is 0 Å². The van der Waals surface area contributed by atoms with Crippen LogP contribution in [0.15, 0.2) is 22.7 Å². The monoisotopic (exact) mass is 255 g/mol. The Bertz CT molecular complexity index is 515. The lowest BCUT2D eigenvalue weighted by molar-refractivity contribution is 0.420. The molecule has 0 bridgehead atoms. The molecule has 0 unspecified atom stereocenters. The van der Waals surface area contributed by atoms with Crippen molar-refractivity contribution < 1.29 is 8.91 Å². The predicted octanol–water partition coefficient (Wildman–Crippen LogP) is 2.64. The van der Waals surface area contributed by atoms with Crippen LogP contribution in [0.25, 0.3) is 11.5 Å². The fourth-order valence-corrected chi connectivity index (χ4v) is 1.49. The first-order valence-electron chi connectivity index (χ1n) is 5.19. The highest BCUT2D eigenvalue weighted by Crippen LogP contribution is 2.23. The molecule has 0 fully saturated rings. The van der Waals surface area contributed by atoms with Crippen molar-refractivity contribution in [2.24, 2.45) is 0 Å². The van der Waals surface area contributed by atoms with Crippen molar-refractivity contribution in [3.8, 4) is 11.5 Å². The Morgan fingerprint density at radius 2 is 2.29 bits per heavy atom. The van der Waals surface area contributed by atoms with Gasteiger partial charge in [-0.2, -0.15) is 4.98 Å². The third kappa shape index (κ3) is 2.81. The average Bonchev–Trinajstić information content (AvgIpc) is 2.79. The molecular formula is C11H11ClFN3O. The van der Waals surface area contributed by atoms with Gasteiger partial charge in [0.2, 0.25) is 0 Å². The fraction of sp³-hybridized carbons (Fsp3) is 0.273. The first kappa shape index (κ1) is 12.0. The Balaban J connectivity index is 2.21. The first-order chi connectivity index (χ1) is 8.20. The smallest absolute Gasteiger partial charge is 0.258 e. The standard InChI is InChI=1S/C11H11ClFN3O/c1-2-14-6-10-15-11(17-16-10)7-3-4-9(13)8(12)5-7/h3-5,14H,2,6H2,1H3. The van der Waals surface area contributed by atoms with Gasteiger partial charge in [-0.25, -0.2) is 4.39 Å². The number of halogens is 2. The van der Waals surface area contributed by atoms with Gasteiger partial charge in [-0.15, -0.1) is 0 Å². The minimum Gasteiger partial charge on any atom is -0.334 e. The van der Waals surface area contributed by atoms with Crippen molar-refractivity contribution >= 4 is 11.6 Å². The van der Waals surface area contributed by atoms with Crippen molar-refractivity contribution in [3.05, 3.63) is 34.9 Å². The molecule has 2 aromatic rings. The van der Waals surface area contributed by atoms with E-state index in [2.05, 4.69) is 15.5 Å². The molecule has 0 aliphatic rings. The number of hydrogen-bond acceptors (Lipinski definition) is 4. The van der Waals surface area contributed by atoms with Crippen LogP contribution in [0, 0.1) is 5.82 Å². The van der Waals surface area contributed by atoms with Gasteiger partial charge in [0, 0.05) is 5.56 Å². The molecule has 4 nitrogen and oxygen atoms in total. The summed E-state index contributed by atoms with van der Waals surface area (Å²) in [6.07, 6.45) is 0. The zero-order valence-electron chi connectivity index (χ0n) is 9.20. The molecule has 0 amide bonds. The van der Waals surface area contributed by atoms with Crippen LogP contribution in [-0.4, -0.2) is 16.7 Å². The van der Waals surface area contributed by atoms with E-state index in [0.717, 1.165) is 6.54 Å². The topological polar surface area (TPSA) is 51.0 Å². The Hall–Kier alpha value is -1.46. The van der Waals surface area contributed by atoms with Crippen LogP contribution in [0.3, 0.4) is 0 Å². The van der Waals surface area contributed by atoms with Gasteiger partial charge in [-0.05, 0) is 24.7 Å². The molecular weight excluding hydrogens is 245 g/mol. The highest BCUT2D eigenvalue weighted by molar-refractivity contribution is 6.31. The summed E-state index contributed by atoms with van der Waals surface area (Å²) >= 11 is 5.68. The van der Waals surface area contributed by atoms with Crippen LogP contribution in [0.1, 0.15) is 12.7 Å². The molecule has 17 heavy (non-hydrogen) atoms. The minimum atomic E-state index is -0.470. The maximum Gasteiger partial charge on any atom is 0.258 e. The zero-order chi connectivity index (χ0) is 12.3. The third-order valence-corrected chi connectivity index (χ3v) is 2.46. The third-order valence-electron chi connectivity index (χ3n) is 2.17. The number of benzene rings is 1. The van der Waals surface area contributed by atoms with E-state index in [0.29, 0.717) is 23.8 Å². The van der Waals surface area contributed by atoms with E-state index < -0.39 is 5.82 Å². The average molecular weight is 256 g/mol. The molecule has 0 saturated carbocycles. The van der Waals surface area contributed by atoms with E-state index in [4.69, 9.17) is 16.1 Å². The summed E-state index contributed by atoms with van der Waals surface area (Å²) < 4.78 is 18.0. The first-order valence-corrected chi connectivity index (χ1v) is 5.57. The minimum absolute atomic E-state index is 0.0360. The lowest BCUT2D eigenvalue weighted by Gasteiger charge is -1.96. The van der Waals surface area contributed by atoms with Gasteiger partial charge in [0.05, 0.1) is 11.6 Å². The predicted molar refractivity (Wildman–Crippen MR) is 62.1 cm³/mol. The van der Waals surface area contributed by atoms with E-state index >= 15 is 0 Å². The Morgan fingerprint density at radius 1 is 1.47 bits per heavy atom. The van der Waals surface area contributed by atoms with Crippen molar-refractivity contribution in [2.45, 2.75) is 13.5 Å². The normalized spacial score (nSPS) is 10.8. The number of hydrogen-bond donors (Lipinski definition) is 1. The van der Waals surface area contributed by atoms with Crippen molar-refractivity contribution in [1.29, 1.82) is 0 Å². The molecule has 1 N–H and O–H groups in total. The van der Waals surface area contributed by atoms with Crippen molar-refractivity contribution in [2.75, 3.05) is 6.54 Å². The summed E-state index contributed by atoms with van der Waals surface area (Å²) in [7, 11) is 0. The van der Waals surface area contributed by atoms with E-state index in [1.54, 1.807) is 6.07 Å². The van der Waals surface area contributed by atoms with Crippen LogP contribution in [0.4, 0.5) is 4.39 Å². The highest BCUT2D eigenvalue weighted by atomic mass is 35.5. The summed E-state index contributed by atoms with van der Waals surface area (Å²) in [6, 6.07) is 4.28. The summed E-state index contributed by atoms with van der Waals surface area (Å²) in [5.41, 5.74) is 0.603. The number of rotatable bonds is 4. The quantitative estimate of drug-likeness (QED) is 0.913. The number of nitrogens with zero attached hydrogens (tertiary/aromatic N) is 2. The number of nitrogens with one attached hydrogen (secondary N) is 1. The van der Waals surface area contributed by atoms with E-state index in [9.17, 15) is 4.39 Å². The fourth-order valence-electron chi connectivity index (χ4n) is 1.31. The molecule has 6 heteroatoms. The lowest BCUT2D eigenvalue weighted by atomic mass is 10.2. The molecule has 0 radical (unpaired) electrons. The molecule has 90 valence electrons. The van der Waals surface area contributed by atoms with Gasteiger partial charge in [-0.1, -0.05) is 23.7 Å². The summed E-state index contributed by atoms with van der Waals surface area (Å²) in [5.74, 6) is 0.421. The Labute approximate surface area is 103 Å². The van der Waals surface area contributed by atoms with Crippen LogP contribution >= 0.6 is 11.6 Å². The second-order valence-corrected chi connectivity index (χ2v) is 3.83. The maximum atomic E-state index is 13.0. The van der Waals surface area contributed by atoms with Gasteiger partial charge < -0.3 is 9.84 Å². The molecule has 2 rings (SSSR count). The second kappa shape index (κ2) is 5.25. The molecule has 0 saturated heterocycles. The van der Waals surface area contributed by atoms with Crippen LogP contribution in [0.2, 0.25) is 5.02 Å². The molecule has 0 atom stereocenters. The van der Waals surface area contributed by atoms with Crippen LogP contribution < -0.4 is 5.32 Å². The van der Waals surface area contributed by atoms with Gasteiger partial charge in [0.15, 0.2) is 5.82 Å². The SMILES string of the molecule is CCNCc1noc(-c2ccc(F)c(Cl)c2)n1. The van der Waals surface area contributed by atoms with Crippen LogP contribution in [0.5, 0.6) is 0 Å². The van der Waals surface area contributed by atoms with Gasteiger partial charge >= 0.3 is 0 Å². The van der Waals surface area contributed by atoms with Gasteiger partial charge in [0.1, 0.15) is 5.82 Å². The molecule has 1 aromatic heterocycles. The molecule has 0 aliphatic heterocycles. The molecule has 1 heterocycles. The van der Waals surface area contributed by atoms with E-state index in [1.807, 2.05) is 6.92 Å². The Kier molecular flexibility index (Phi) is 3.71. The molecule has 0 aliphatic carbocycles. The van der Waals surface area contributed by atoms with E-state index in [1.165, 1.54) is 12.1 Å². The highest BCUT2D eigenvalue weighted by Gasteiger charge is 2.10. The Morgan fingerprint density at radius 3 is 3.00 bits per heavy atom. The van der Waals surface area contributed by atoms with Gasteiger partial charge in [0.25, 0.3) is 5.89 Å². The van der Waals surface area contributed by atoms with Crippen LogP contribution in [-0.2, 0) is 6.54 Å². The summed E-state index contributed by atoms with van der Waals surface area (Å²) in [5, 5.41) is 6.91. The van der Waals surface area contributed by atoms with Crippen molar-refractivity contribution in [3.63, 3.8) is 0 Å². The van der Waals surface area contributed by atoms with Crippen molar-refractivity contribution in [1.82, 2.24) is 15.5 Å². The second-order valence-electron chi connectivity index (χ2n) is 3.42. The van der Waals surface area contributed by atoms with E-state index in [-0.39, 0.29) is 5.02 Å². The summed E-state index contributed by atoms with van der Waals surface area (Å²) in [6.45, 7) is 3.35.